The van der Waals surface area contributed by atoms with Crippen LogP contribution < -0.4 is 0 Å². The summed E-state index contributed by atoms with van der Waals surface area (Å²) in [6.07, 6.45) is 1.67. The largest absolute Gasteiger partial charge is 0.327 e. The maximum Gasteiger partial charge on any atom is 0.197 e. The maximum absolute atomic E-state index is 13.6. The molecule has 3 heterocycles. The number of Topliss-reactive ketones (excluding diaryl/α,β-unsaturated/α-hetero) is 2. The van der Waals surface area contributed by atoms with E-state index in [1.165, 1.54) is 0 Å². The quantitative estimate of drug-likeness (QED) is 0.171. The van der Waals surface area contributed by atoms with Crippen LogP contribution in [0, 0.1) is 0 Å². The van der Waals surface area contributed by atoms with Crippen molar-refractivity contribution in [2.24, 2.45) is 7.05 Å². The average molecular weight is 536 g/mol. The van der Waals surface area contributed by atoms with Gasteiger partial charge in [-0.1, -0.05) is 72.8 Å². The number of fused-ring (bicyclic) bond motifs is 4. The zero-order valence-corrected chi connectivity index (χ0v) is 22.3. The van der Waals surface area contributed by atoms with Gasteiger partial charge in [0.15, 0.2) is 17.2 Å². The lowest BCUT2D eigenvalue weighted by molar-refractivity contribution is 0.0990. The number of allylic oxidation sites excluding steroid dienone is 1. The molecule has 0 saturated heterocycles. The van der Waals surface area contributed by atoms with Crippen LogP contribution in [0.1, 0.15) is 26.5 Å². The molecule has 0 amide bonds. The Morgan fingerprint density at radius 3 is 2.02 bits per heavy atom. The number of imidazole rings is 1. The Kier molecular flexibility index (Phi) is 4.84. The van der Waals surface area contributed by atoms with Crippen LogP contribution in [0.15, 0.2) is 109 Å². The third kappa shape index (κ3) is 3.30. The fourth-order valence-electron chi connectivity index (χ4n) is 5.72. The zero-order valence-electron chi connectivity index (χ0n) is 21.5. The SMILES string of the molecule is Cn1c(-c2ccccc2)cc2c1nc(C=C1C(=O)c3cc4ccccc4cc3C1=O)n2-c1cc2ccccc2s1. The number of hydrogen-bond acceptors (Lipinski definition) is 4. The smallest absolute Gasteiger partial charge is 0.197 e. The number of thiophene rings is 1. The fourth-order valence-corrected chi connectivity index (χ4v) is 6.80. The van der Waals surface area contributed by atoms with Crippen molar-refractivity contribution in [2.75, 3.05) is 0 Å². The summed E-state index contributed by atoms with van der Waals surface area (Å²) in [6.45, 7) is 0. The Morgan fingerprint density at radius 2 is 1.35 bits per heavy atom. The summed E-state index contributed by atoms with van der Waals surface area (Å²) in [4.78, 5) is 32.2. The van der Waals surface area contributed by atoms with Gasteiger partial charge in [-0.3, -0.25) is 14.2 Å². The van der Waals surface area contributed by atoms with Crippen LogP contribution in [0.4, 0.5) is 0 Å². The lowest BCUT2D eigenvalue weighted by atomic mass is 10.0. The first-order valence-corrected chi connectivity index (χ1v) is 13.8. The Labute approximate surface area is 233 Å². The molecule has 6 heteroatoms. The molecule has 7 aromatic rings. The number of aryl methyl sites for hydroxylation is 1. The second-order valence-electron chi connectivity index (χ2n) is 10.1. The van der Waals surface area contributed by atoms with Gasteiger partial charge in [0.25, 0.3) is 0 Å². The van der Waals surface area contributed by atoms with Gasteiger partial charge in [-0.05, 0) is 58.1 Å². The topological polar surface area (TPSA) is 56.9 Å². The van der Waals surface area contributed by atoms with Crippen molar-refractivity contribution in [3.63, 3.8) is 0 Å². The number of nitrogens with zero attached hydrogens (tertiary/aromatic N) is 3. The van der Waals surface area contributed by atoms with Crippen LogP contribution in [0.2, 0.25) is 0 Å². The van der Waals surface area contributed by atoms with E-state index in [9.17, 15) is 9.59 Å². The van der Waals surface area contributed by atoms with E-state index in [1.54, 1.807) is 17.4 Å². The van der Waals surface area contributed by atoms with Gasteiger partial charge in [-0.25, -0.2) is 4.98 Å². The zero-order chi connectivity index (χ0) is 27.0. The minimum Gasteiger partial charge on any atom is -0.327 e. The number of carbonyl (C=O) groups is 2. The summed E-state index contributed by atoms with van der Waals surface area (Å²) in [5.41, 5.74) is 4.88. The summed E-state index contributed by atoms with van der Waals surface area (Å²) in [7, 11) is 2.00. The van der Waals surface area contributed by atoms with E-state index < -0.39 is 0 Å². The highest BCUT2D eigenvalue weighted by molar-refractivity contribution is 7.21. The molecule has 0 atom stereocenters. The van der Waals surface area contributed by atoms with Crippen LogP contribution in [0.3, 0.4) is 0 Å². The molecule has 8 rings (SSSR count). The average Bonchev–Trinajstić information content (AvgIpc) is 3.71. The highest BCUT2D eigenvalue weighted by atomic mass is 32.1. The van der Waals surface area contributed by atoms with Gasteiger partial charge in [0.1, 0.15) is 10.8 Å². The van der Waals surface area contributed by atoms with E-state index in [0.717, 1.165) is 48.3 Å². The van der Waals surface area contributed by atoms with Crippen molar-refractivity contribution >= 4 is 61.0 Å². The Hall–Kier alpha value is -5.07. The second-order valence-corrected chi connectivity index (χ2v) is 11.1. The molecule has 0 fully saturated rings. The molecule has 3 aromatic heterocycles. The Morgan fingerprint density at radius 1 is 0.725 bits per heavy atom. The number of ketones is 2. The second kappa shape index (κ2) is 8.46. The minimum absolute atomic E-state index is 0.145. The van der Waals surface area contributed by atoms with E-state index in [0.29, 0.717) is 17.0 Å². The Bertz CT molecular complexity index is 2120. The molecule has 0 spiro atoms. The molecular weight excluding hydrogens is 514 g/mol. The van der Waals surface area contributed by atoms with E-state index >= 15 is 0 Å². The highest BCUT2D eigenvalue weighted by Gasteiger charge is 2.34. The van der Waals surface area contributed by atoms with Gasteiger partial charge < -0.3 is 4.57 Å². The number of hydrogen-bond donors (Lipinski definition) is 0. The maximum atomic E-state index is 13.6. The molecule has 1 aliphatic carbocycles. The molecule has 190 valence electrons. The molecule has 0 unspecified atom stereocenters. The van der Waals surface area contributed by atoms with Gasteiger partial charge in [-0.2, -0.15) is 0 Å². The molecule has 0 bridgehead atoms. The van der Waals surface area contributed by atoms with Gasteiger partial charge in [0, 0.05) is 22.9 Å². The normalized spacial score (nSPS) is 13.2. The molecule has 4 aromatic carbocycles. The molecule has 0 radical (unpaired) electrons. The third-order valence-electron chi connectivity index (χ3n) is 7.71. The van der Waals surface area contributed by atoms with Crippen molar-refractivity contribution in [2.45, 2.75) is 0 Å². The third-order valence-corrected chi connectivity index (χ3v) is 8.81. The molecule has 40 heavy (non-hydrogen) atoms. The van der Waals surface area contributed by atoms with Crippen LogP contribution in [-0.4, -0.2) is 25.7 Å². The minimum atomic E-state index is -0.259. The first-order chi connectivity index (χ1) is 19.6. The van der Waals surface area contributed by atoms with Crippen LogP contribution in [-0.2, 0) is 7.05 Å². The van der Waals surface area contributed by atoms with Crippen LogP contribution in [0.25, 0.3) is 54.4 Å². The van der Waals surface area contributed by atoms with Gasteiger partial charge in [0.2, 0.25) is 0 Å². The first kappa shape index (κ1) is 22.9. The van der Waals surface area contributed by atoms with Crippen molar-refractivity contribution in [3.8, 4) is 16.3 Å². The molecule has 0 saturated carbocycles. The van der Waals surface area contributed by atoms with E-state index in [-0.39, 0.29) is 17.1 Å². The van der Waals surface area contributed by atoms with Crippen molar-refractivity contribution in [3.05, 3.63) is 126 Å². The van der Waals surface area contributed by atoms with Gasteiger partial charge in [-0.15, -0.1) is 11.3 Å². The number of rotatable bonds is 3. The standard InChI is InChI=1S/C34H21N3O2S/c1-36-27(20-9-3-2-4-10-20)19-28-34(36)35-30(37(28)31-17-23-13-7-8-14-29(23)40-31)18-26-32(38)24-15-21-11-5-6-12-22(21)16-25(24)33(26)39/h2-19H,1H3. The highest BCUT2D eigenvalue weighted by Crippen LogP contribution is 2.37. The Balaban J connectivity index is 1.35. The van der Waals surface area contributed by atoms with Crippen LogP contribution in [0.5, 0.6) is 0 Å². The lowest BCUT2D eigenvalue weighted by Gasteiger charge is -2.05. The molecule has 0 N–H and O–H groups in total. The molecule has 5 nitrogen and oxygen atoms in total. The monoisotopic (exact) mass is 535 g/mol. The predicted octanol–water partition coefficient (Wildman–Crippen LogP) is 7.86. The summed E-state index contributed by atoms with van der Waals surface area (Å²) >= 11 is 1.66. The van der Waals surface area contributed by atoms with Crippen molar-refractivity contribution < 1.29 is 9.59 Å². The summed E-state index contributed by atoms with van der Waals surface area (Å²) < 4.78 is 5.29. The van der Waals surface area contributed by atoms with E-state index in [4.69, 9.17) is 4.98 Å². The predicted molar refractivity (Wildman–Crippen MR) is 161 cm³/mol. The van der Waals surface area contributed by atoms with Crippen LogP contribution >= 0.6 is 11.3 Å². The van der Waals surface area contributed by atoms with Gasteiger partial charge in [0.05, 0.1) is 16.8 Å². The molecule has 0 aliphatic heterocycles. The van der Waals surface area contributed by atoms with Crippen molar-refractivity contribution in [1.29, 1.82) is 0 Å². The van der Waals surface area contributed by atoms with Crippen molar-refractivity contribution in [1.82, 2.24) is 14.1 Å². The summed E-state index contributed by atoms with van der Waals surface area (Å²) in [5, 5.41) is 3.99. The molecule has 1 aliphatic rings. The first-order valence-electron chi connectivity index (χ1n) is 13.0. The molecular formula is C34H21N3O2S. The number of benzene rings is 4. The lowest BCUT2D eigenvalue weighted by Crippen LogP contribution is -2.03. The van der Waals surface area contributed by atoms with Gasteiger partial charge >= 0.3 is 0 Å². The summed E-state index contributed by atoms with van der Waals surface area (Å²) in [6, 6.07) is 34.2. The summed E-state index contributed by atoms with van der Waals surface area (Å²) in [5.74, 6) is 0.0391. The number of carbonyl (C=O) groups excluding carboxylic acids is 2. The van der Waals surface area contributed by atoms with E-state index in [2.05, 4.69) is 45.5 Å². The number of aromatic nitrogens is 3. The fraction of sp³-hybridized carbons (Fsp3) is 0.0294. The van der Waals surface area contributed by atoms with E-state index in [1.807, 2.05) is 73.8 Å².